The van der Waals surface area contributed by atoms with E-state index in [2.05, 4.69) is 15.4 Å². The first-order valence-corrected chi connectivity index (χ1v) is 11.9. The lowest BCUT2D eigenvalue weighted by molar-refractivity contribution is 0.399. The third-order valence-electron chi connectivity index (χ3n) is 5.50. The van der Waals surface area contributed by atoms with E-state index in [1.54, 1.807) is 6.92 Å². The van der Waals surface area contributed by atoms with E-state index >= 15 is 0 Å². The van der Waals surface area contributed by atoms with Gasteiger partial charge in [0.2, 0.25) is 0 Å². The number of hydrogen-bond donors (Lipinski definition) is 0. The molecule has 0 bridgehead atoms. The molecule has 0 saturated carbocycles. The molecule has 0 N–H and O–H groups in total. The number of rotatable bonds is 4. The van der Waals surface area contributed by atoms with Crippen LogP contribution in [0.2, 0.25) is 0 Å². The Balaban J connectivity index is 1.48. The summed E-state index contributed by atoms with van der Waals surface area (Å²) in [6, 6.07) is 11.2. The lowest BCUT2D eigenvalue weighted by Crippen LogP contribution is -2.40. The second kappa shape index (κ2) is 8.07. The van der Waals surface area contributed by atoms with Crippen molar-refractivity contribution in [2.24, 2.45) is 0 Å². The van der Waals surface area contributed by atoms with Gasteiger partial charge in [0.1, 0.15) is 28.7 Å². The third-order valence-corrected chi connectivity index (χ3v) is 7.11. The van der Waals surface area contributed by atoms with E-state index in [0.29, 0.717) is 17.0 Å². The Labute approximate surface area is 187 Å². The number of anilines is 1. The predicted octanol–water partition coefficient (Wildman–Crippen LogP) is 3.88. The first kappa shape index (κ1) is 21.3. The second-order valence-electron chi connectivity index (χ2n) is 7.66. The van der Waals surface area contributed by atoms with Gasteiger partial charge in [-0.2, -0.15) is 0 Å². The highest BCUT2D eigenvalue weighted by Crippen LogP contribution is 2.36. The molecule has 170 valence electrons. The maximum absolute atomic E-state index is 14.9. The molecule has 0 atom stereocenters. The molecule has 2 aromatic heterocycles. The molecule has 33 heavy (non-hydrogen) atoms. The van der Waals surface area contributed by atoms with Crippen molar-refractivity contribution in [3.8, 4) is 34.2 Å². The fraction of sp³-hybridized carbons (Fsp3) is 0.227. The van der Waals surface area contributed by atoms with E-state index in [1.807, 2.05) is 30.3 Å². The molecule has 0 aliphatic carbocycles. The molecule has 1 fully saturated rings. The number of aromatic nitrogens is 3. The quantitative estimate of drug-likeness (QED) is 0.441. The van der Waals surface area contributed by atoms with Gasteiger partial charge in [0.25, 0.3) is 11.8 Å². The van der Waals surface area contributed by atoms with Crippen LogP contribution in [0.3, 0.4) is 0 Å². The molecule has 1 saturated heterocycles. The number of halogens is 2. The highest BCUT2D eigenvalue weighted by Gasteiger charge is 2.27. The largest absolute Gasteiger partial charge is 0.416 e. The Morgan fingerprint density at radius 2 is 1.67 bits per heavy atom. The molecule has 3 heterocycles. The van der Waals surface area contributed by atoms with Crippen molar-refractivity contribution in [2.75, 3.05) is 29.5 Å². The highest BCUT2D eigenvalue weighted by molar-refractivity contribution is 7.91. The minimum absolute atomic E-state index is 0.00729. The monoisotopic (exact) mass is 472 g/mol. The van der Waals surface area contributed by atoms with Crippen molar-refractivity contribution in [1.82, 2.24) is 15.4 Å². The van der Waals surface area contributed by atoms with E-state index < -0.39 is 21.5 Å². The van der Waals surface area contributed by atoms with Crippen LogP contribution < -0.4 is 4.90 Å². The molecular formula is C22H18F2N4O4S. The van der Waals surface area contributed by atoms with Gasteiger partial charge >= 0.3 is 0 Å². The Hall–Kier alpha value is -3.60. The standard InChI is InChI=1S/C22H18F2N4O4S/c1-13-19(20(27-32-13)14-5-3-2-4-6-14)22-26-25-21(31-22)15-11-17(24)18(12-16(15)23)28-7-9-33(29,30)10-8-28/h2-6,11-12H,7-10H2,1H3. The minimum Gasteiger partial charge on any atom is -0.416 e. The number of nitrogens with zero attached hydrogens (tertiary/aromatic N) is 4. The van der Waals surface area contributed by atoms with Crippen LogP contribution >= 0.6 is 0 Å². The minimum atomic E-state index is -3.15. The van der Waals surface area contributed by atoms with E-state index in [4.69, 9.17) is 8.94 Å². The Morgan fingerprint density at radius 3 is 2.39 bits per heavy atom. The molecule has 1 aliphatic rings. The average Bonchev–Trinajstić information content (AvgIpc) is 3.42. The molecule has 0 radical (unpaired) electrons. The van der Waals surface area contributed by atoms with Crippen LogP contribution in [0.25, 0.3) is 34.2 Å². The number of aryl methyl sites for hydroxylation is 1. The first-order valence-electron chi connectivity index (χ1n) is 10.1. The number of benzene rings is 2. The van der Waals surface area contributed by atoms with Gasteiger partial charge in [-0.1, -0.05) is 35.5 Å². The SMILES string of the molecule is Cc1onc(-c2ccccc2)c1-c1nnc(-c2cc(F)c(N3CCS(=O)(=O)CC3)cc2F)o1. The molecule has 0 unspecified atom stereocenters. The molecule has 4 aromatic rings. The van der Waals surface area contributed by atoms with Gasteiger partial charge in [0, 0.05) is 24.7 Å². The van der Waals surface area contributed by atoms with Crippen LogP contribution in [0.1, 0.15) is 5.76 Å². The Morgan fingerprint density at radius 1 is 0.970 bits per heavy atom. The maximum atomic E-state index is 14.9. The first-order chi connectivity index (χ1) is 15.8. The molecule has 5 rings (SSSR count). The van der Waals surface area contributed by atoms with Crippen molar-refractivity contribution >= 4 is 15.5 Å². The summed E-state index contributed by atoms with van der Waals surface area (Å²) < 4.78 is 64.0. The number of hydrogen-bond acceptors (Lipinski definition) is 8. The summed E-state index contributed by atoms with van der Waals surface area (Å²) in [5, 5.41) is 12.0. The molecule has 0 amide bonds. The van der Waals surface area contributed by atoms with Crippen LogP contribution in [0, 0.1) is 18.6 Å². The van der Waals surface area contributed by atoms with Crippen LogP contribution in [-0.4, -0.2) is 48.4 Å². The van der Waals surface area contributed by atoms with E-state index in [-0.39, 0.29) is 47.6 Å². The molecule has 1 aliphatic heterocycles. The van der Waals surface area contributed by atoms with Gasteiger partial charge in [0.15, 0.2) is 9.84 Å². The third kappa shape index (κ3) is 3.99. The zero-order valence-electron chi connectivity index (χ0n) is 17.5. The lowest BCUT2D eigenvalue weighted by atomic mass is 10.1. The fourth-order valence-corrected chi connectivity index (χ4v) is 4.95. The Bertz CT molecular complexity index is 1420. The van der Waals surface area contributed by atoms with Crippen molar-refractivity contribution in [3.63, 3.8) is 0 Å². The lowest BCUT2D eigenvalue weighted by Gasteiger charge is -2.29. The predicted molar refractivity (Wildman–Crippen MR) is 116 cm³/mol. The van der Waals surface area contributed by atoms with Gasteiger partial charge in [0.05, 0.1) is 22.8 Å². The molecular weight excluding hydrogens is 454 g/mol. The zero-order valence-corrected chi connectivity index (χ0v) is 18.3. The maximum Gasteiger partial charge on any atom is 0.254 e. The smallest absolute Gasteiger partial charge is 0.254 e. The Kier molecular flexibility index (Phi) is 5.20. The fourth-order valence-electron chi connectivity index (χ4n) is 3.75. The van der Waals surface area contributed by atoms with Crippen LogP contribution in [0.4, 0.5) is 14.5 Å². The summed E-state index contributed by atoms with van der Waals surface area (Å²) in [6.07, 6.45) is 0. The number of sulfone groups is 1. The molecule has 2 aromatic carbocycles. The van der Waals surface area contributed by atoms with Gasteiger partial charge < -0.3 is 13.8 Å². The molecule has 11 heteroatoms. The van der Waals surface area contributed by atoms with Crippen molar-refractivity contribution < 1.29 is 26.1 Å². The summed E-state index contributed by atoms with van der Waals surface area (Å²) in [5.74, 6) is -1.39. The summed E-state index contributed by atoms with van der Waals surface area (Å²) in [6.45, 7) is 1.88. The summed E-state index contributed by atoms with van der Waals surface area (Å²) in [7, 11) is -3.15. The van der Waals surface area contributed by atoms with E-state index in [9.17, 15) is 17.2 Å². The van der Waals surface area contributed by atoms with Crippen molar-refractivity contribution in [3.05, 3.63) is 59.9 Å². The van der Waals surface area contributed by atoms with Crippen LogP contribution in [0.15, 0.2) is 51.4 Å². The van der Waals surface area contributed by atoms with Crippen molar-refractivity contribution in [1.29, 1.82) is 0 Å². The van der Waals surface area contributed by atoms with Gasteiger partial charge in [-0.05, 0) is 13.0 Å². The van der Waals surface area contributed by atoms with Gasteiger partial charge in [-0.15, -0.1) is 10.2 Å². The summed E-state index contributed by atoms with van der Waals surface area (Å²) >= 11 is 0. The summed E-state index contributed by atoms with van der Waals surface area (Å²) in [5.41, 5.74) is 1.52. The molecule has 0 spiro atoms. The highest BCUT2D eigenvalue weighted by atomic mass is 32.2. The van der Waals surface area contributed by atoms with Crippen LogP contribution in [0.5, 0.6) is 0 Å². The topological polar surface area (TPSA) is 102 Å². The van der Waals surface area contributed by atoms with Gasteiger partial charge in [-0.3, -0.25) is 0 Å². The zero-order chi connectivity index (χ0) is 23.2. The van der Waals surface area contributed by atoms with E-state index in [0.717, 1.165) is 17.7 Å². The van der Waals surface area contributed by atoms with Gasteiger partial charge in [-0.25, -0.2) is 17.2 Å². The van der Waals surface area contributed by atoms with E-state index in [1.165, 1.54) is 4.90 Å². The van der Waals surface area contributed by atoms with Crippen molar-refractivity contribution in [2.45, 2.75) is 6.92 Å². The summed E-state index contributed by atoms with van der Waals surface area (Å²) in [4.78, 5) is 1.51. The molecule has 8 nitrogen and oxygen atoms in total. The second-order valence-corrected chi connectivity index (χ2v) is 9.97. The average molecular weight is 472 g/mol. The van der Waals surface area contributed by atoms with Crippen LogP contribution in [-0.2, 0) is 9.84 Å². The normalized spacial score (nSPS) is 15.7.